The largest absolute Gasteiger partial charge is 0.455 e. The van der Waals surface area contributed by atoms with Crippen molar-refractivity contribution < 1.29 is 13.3 Å². The van der Waals surface area contributed by atoms with E-state index in [2.05, 4.69) is 109 Å². The van der Waals surface area contributed by atoms with Crippen molar-refractivity contribution in [2.45, 2.75) is 0 Å². The minimum Gasteiger partial charge on any atom is -0.455 e. The van der Waals surface area contributed by atoms with Crippen molar-refractivity contribution in [1.29, 1.82) is 0 Å². The van der Waals surface area contributed by atoms with Crippen LogP contribution in [0.25, 0.3) is 145 Å². The zero-order valence-electron chi connectivity index (χ0n) is 36.7. The molecule has 0 unspecified atom stereocenters. The van der Waals surface area contributed by atoms with Crippen LogP contribution in [0, 0.1) is 0 Å². The fourth-order valence-electron chi connectivity index (χ4n) is 9.42. The van der Waals surface area contributed by atoms with Gasteiger partial charge < -0.3 is 13.3 Å². The van der Waals surface area contributed by atoms with Gasteiger partial charge in [-0.05, 0) is 129 Å². The van der Waals surface area contributed by atoms with E-state index >= 15 is 0 Å². The molecule has 8 nitrogen and oxygen atoms in total. The SMILES string of the molecule is c1ccc(-c2nc3ccc(-c4ccc5cc(-c6nc(-c7ccc8cc(-c9ccc%10nc(-c%11ccccc%11)oc%10c9)ccc8c7)nc(-c7cccc8c7oc7ccccc78)n6)ccc5c4)cc3o2)cc1. The topological polar surface area (TPSA) is 104 Å². The van der Waals surface area contributed by atoms with Crippen LogP contribution < -0.4 is 0 Å². The van der Waals surface area contributed by atoms with Crippen molar-refractivity contribution in [2.75, 3.05) is 0 Å². The molecule has 0 saturated heterocycles. The van der Waals surface area contributed by atoms with E-state index in [1.807, 2.05) is 103 Å². The summed E-state index contributed by atoms with van der Waals surface area (Å²) in [5, 5.41) is 6.35. The lowest BCUT2D eigenvalue weighted by Crippen LogP contribution is -2.00. The number of fused-ring (bicyclic) bond motifs is 7. The van der Waals surface area contributed by atoms with E-state index in [0.29, 0.717) is 29.3 Å². The molecule has 4 heterocycles. The average Bonchev–Trinajstić information content (AvgIpc) is 4.16. The van der Waals surface area contributed by atoms with Gasteiger partial charge in [-0.3, -0.25) is 0 Å². The van der Waals surface area contributed by atoms with Crippen LogP contribution in [-0.2, 0) is 0 Å². The van der Waals surface area contributed by atoms with E-state index < -0.39 is 0 Å². The number of furan rings is 1. The van der Waals surface area contributed by atoms with Crippen molar-refractivity contribution in [2.24, 2.45) is 0 Å². The van der Waals surface area contributed by atoms with Gasteiger partial charge >= 0.3 is 0 Å². The Hall–Kier alpha value is -9.53. The second-order valence-electron chi connectivity index (χ2n) is 17.3. The molecule has 4 aromatic heterocycles. The second kappa shape index (κ2) is 15.5. The van der Waals surface area contributed by atoms with Gasteiger partial charge in [0.15, 0.2) is 28.6 Å². The molecule has 0 spiro atoms. The van der Waals surface area contributed by atoms with Gasteiger partial charge in [0.2, 0.25) is 11.8 Å². The maximum absolute atomic E-state index is 6.51. The van der Waals surface area contributed by atoms with Crippen LogP contribution in [0.15, 0.2) is 226 Å². The van der Waals surface area contributed by atoms with Gasteiger partial charge in [0.1, 0.15) is 22.2 Å². The van der Waals surface area contributed by atoms with E-state index in [9.17, 15) is 0 Å². The molecule has 0 aliphatic carbocycles. The Balaban J connectivity index is 0.838. The fraction of sp³-hybridized carbons (Fsp3) is 0. The first kappa shape index (κ1) is 38.7. The van der Waals surface area contributed by atoms with E-state index in [-0.39, 0.29) is 0 Å². The molecule has 0 atom stereocenters. The minimum absolute atomic E-state index is 0.530. The van der Waals surface area contributed by atoms with Crippen LogP contribution in [0.3, 0.4) is 0 Å². The number of oxazole rings is 2. The van der Waals surface area contributed by atoms with Crippen LogP contribution in [-0.4, -0.2) is 24.9 Å². The molecule has 0 saturated carbocycles. The number of benzene rings is 10. The number of hydrogen-bond donors (Lipinski definition) is 0. The maximum atomic E-state index is 6.51. The summed E-state index contributed by atoms with van der Waals surface area (Å²) >= 11 is 0. The Kier molecular flexibility index (Phi) is 8.72. The minimum atomic E-state index is 0.530. The Morgan fingerprint density at radius 2 is 0.696 bits per heavy atom. The van der Waals surface area contributed by atoms with Crippen LogP contribution in [0.5, 0.6) is 0 Å². The van der Waals surface area contributed by atoms with Gasteiger partial charge in [-0.15, -0.1) is 0 Å². The molecule has 0 bridgehead atoms. The van der Waals surface area contributed by atoms with E-state index in [0.717, 1.165) is 116 Å². The number of nitrogens with zero attached hydrogens (tertiary/aromatic N) is 5. The van der Waals surface area contributed by atoms with Crippen LogP contribution >= 0.6 is 0 Å². The summed E-state index contributed by atoms with van der Waals surface area (Å²) in [6.07, 6.45) is 0. The first-order valence-electron chi connectivity index (χ1n) is 22.8. The number of para-hydroxylation sites is 2. The smallest absolute Gasteiger partial charge is 0.227 e. The van der Waals surface area contributed by atoms with Gasteiger partial charge in [0, 0.05) is 33.0 Å². The molecule has 8 heteroatoms. The average molecular weight is 886 g/mol. The first-order chi connectivity index (χ1) is 34.1. The molecule has 10 aromatic carbocycles. The zero-order chi connectivity index (χ0) is 45.4. The van der Waals surface area contributed by atoms with Crippen molar-refractivity contribution in [1.82, 2.24) is 24.9 Å². The summed E-state index contributed by atoms with van der Waals surface area (Å²) in [5.41, 5.74) is 13.4. The normalized spacial score (nSPS) is 11.8. The summed E-state index contributed by atoms with van der Waals surface area (Å²) in [5.74, 6) is 2.88. The summed E-state index contributed by atoms with van der Waals surface area (Å²) in [6.45, 7) is 0. The third-order valence-electron chi connectivity index (χ3n) is 13.0. The summed E-state index contributed by atoms with van der Waals surface area (Å²) in [6, 6.07) is 72.3. The number of rotatable bonds is 7. The van der Waals surface area contributed by atoms with Gasteiger partial charge in [-0.25, -0.2) is 24.9 Å². The number of aromatic nitrogens is 5. The van der Waals surface area contributed by atoms with Gasteiger partial charge in [-0.2, -0.15) is 0 Å². The first-order valence-corrected chi connectivity index (χ1v) is 22.8. The van der Waals surface area contributed by atoms with Crippen LogP contribution in [0.1, 0.15) is 0 Å². The standard InChI is InChI=1S/C61H35N5O3/c1-3-10-36(11-4-1)60-62-51-28-26-44(34-54(51)68-60)40-18-20-42-32-46(24-22-38(42)30-40)57-64-58(66-59(65-57)50-16-9-15-49-48-14-7-8-17-53(48)67-56(49)50)47-25-23-39-31-41(19-21-43(39)33-47)45-27-29-52-55(35-45)69-61(63-52)37-12-5-2-6-13-37/h1-35H. The monoisotopic (exact) mass is 885 g/mol. The summed E-state index contributed by atoms with van der Waals surface area (Å²) in [4.78, 5) is 25.0. The zero-order valence-corrected chi connectivity index (χ0v) is 36.7. The highest BCUT2D eigenvalue weighted by atomic mass is 16.4. The molecule has 0 fully saturated rings. The van der Waals surface area contributed by atoms with E-state index in [4.69, 9.17) is 38.2 Å². The van der Waals surface area contributed by atoms with Crippen LogP contribution in [0.4, 0.5) is 0 Å². The second-order valence-corrected chi connectivity index (χ2v) is 17.3. The Bertz CT molecular complexity index is 4110. The molecule has 0 amide bonds. The molecule has 69 heavy (non-hydrogen) atoms. The van der Waals surface area contributed by atoms with Crippen molar-refractivity contribution >= 4 is 65.7 Å². The van der Waals surface area contributed by atoms with Gasteiger partial charge in [0.25, 0.3) is 0 Å². The Labute approximate surface area is 393 Å². The molecule has 0 radical (unpaired) electrons. The van der Waals surface area contributed by atoms with E-state index in [1.54, 1.807) is 0 Å². The van der Waals surface area contributed by atoms with Gasteiger partial charge in [-0.1, -0.05) is 127 Å². The van der Waals surface area contributed by atoms with Crippen molar-refractivity contribution in [3.63, 3.8) is 0 Å². The summed E-state index contributed by atoms with van der Waals surface area (Å²) < 4.78 is 18.9. The molecule has 322 valence electrons. The molecular weight excluding hydrogens is 851 g/mol. The predicted octanol–water partition coefficient (Wildman–Crippen LogP) is 16.0. The fourth-order valence-corrected chi connectivity index (χ4v) is 9.42. The predicted molar refractivity (Wildman–Crippen MR) is 275 cm³/mol. The van der Waals surface area contributed by atoms with Crippen molar-refractivity contribution in [3.8, 4) is 79.3 Å². The molecule has 14 rings (SSSR count). The Morgan fingerprint density at radius 1 is 0.261 bits per heavy atom. The van der Waals surface area contributed by atoms with Crippen LogP contribution in [0.2, 0.25) is 0 Å². The lowest BCUT2D eigenvalue weighted by Gasteiger charge is -2.11. The highest BCUT2D eigenvalue weighted by molar-refractivity contribution is 6.09. The van der Waals surface area contributed by atoms with E-state index in [1.165, 1.54) is 0 Å². The van der Waals surface area contributed by atoms with Crippen molar-refractivity contribution in [3.05, 3.63) is 212 Å². The molecule has 14 aromatic rings. The lowest BCUT2D eigenvalue weighted by atomic mass is 9.99. The maximum Gasteiger partial charge on any atom is 0.227 e. The quantitative estimate of drug-likeness (QED) is 0.156. The summed E-state index contributed by atoms with van der Waals surface area (Å²) in [7, 11) is 0. The van der Waals surface area contributed by atoms with Gasteiger partial charge in [0.05, 0.1) is 5.56 Å². The molecule has 0 N–H and O–H groups in total. The number of hydrogen-bond acceptors (Lipinski definition) is 8. The molecular formula is C61H35N5O3. The highest BCUT2D eigenvalue weighted by Crippen LogP contribution is 2.38. The highest BCUT2D eigenvalue weighted by Gasteiger charge is 2.19. The third-order valence-corrected chi connectivity index (χ3v) is 13.0. The lowest BCUT2D eigenvalue weighted by molar-refractivity contribution is 0.619. The third kappa shape index (κ3) is 6.81. The molecule has 0 aliphatic heterocycles. The molecule has 0 aliphatic rings. The Morgan fingerprint density at radius 3 is 1.25 bits per heavy atom.